The molecule has 1 aromatic rings. The number of nitrogen functional groups attached to an aromatic ring is 1. The molecule has 1 amide bonds. The van der Waals surface area contributed by atoms with Crippen molar-refractivity contribution in [3.63, 3.8) is 0 Å². The molecular formula is C22H36N2O3. The first-order chi connectivity index (χ1) is 12.2. The number of benzene rings is 1. The lowest BCUT2D eigenvalue weighted by Gasteiger charge is -2.42. The van der Waals surface area contributed by atoms with Crippen LogP contribution in [-0.4, -0.2) is 29.4 Å². The average Bonchev–Trinajstić information content (AvgIpc) is 2.50. The molecule has 0 saturated heterocycles. The molecule has 0 bridgehead atoms. The normalized spacial score (nSPS) is 19.1. The van der Waals surface area contributed by atoms with Gasteiger partial charge in [0.1, 0.15) is 5.60 Å². The number of anilines is 1. The third kappa shape index (κ3) is 5.16. The lowest BCUT2D eigenvalue weighted by Crippen LogP contribution is -2.42. The number of aliphatic hydroxyl groups excluding tert-OH is 1. The van der Waals surface area contributed by atoms with Gasteiger partial charge in [0, 0.05) is 5.69 Å². The Morgan fingerprint density at radius 2 is 1.70 bits per heavy atom. The van der Waals surface area contributed by atoms with E-state index >= 15 is 0 Å². The van der Waals surface area contributed by atoms with Crippen molar-refractivity contribution in [2.75, 3.05) is 12.3 Å². The SMILES string of the molecule is CC(C)(C)OC(=O)NC(CO)Cc1cc2c(cc1N)C(C)(C)CCC2(C)C. The summed E-state index contributed by atoms with van der Waals surface area (Å²) in [5, 5.41) is 12.5. The summed E-state index contributed by atoms with van der Waals surface area (Å²) in [7, 11) is 0. The second-order valence-electron chi connectivity index (χ2n) is 10.1. The van der Waals surface area contributed by atoms with E-state index in [1.54, 1.807) is 0 Å². The van der Waals surface area contributed by atoms with Crippen molar-refractivity contribution in [3.8, 4) is 0 Å². The van der Waals surface area contributed by atoms with E-state index in [-0.39, 0.29) is 17.4 Å². The van der Waals surface area contributed by atoms with Gasteiger partial charge in [-0.15, -0.1) is 0 Å². The Labute approximate surface area is 163 Å². The van der Waals surface area contributed by atoms with Gasteiger partial charge in [0.2, 0.25) is 0 Å². The number of hydrogen-bond donors (Lipinski definition) is 3. The summed E-state index contributed by atoms with van der Waals surface area (Å²) >= 11 is 0. The molecule has 0 spiro atoms. The van der Waals surface area contributed by atoms with Gasteiger partial charge in [-0.05, 0) is 73.6 Å². The van der Waals surface area contributed by atoms with E-state index < -0.39 is 17.7 Å². The molecule has 5 nitrogen and oxygen atoms in total. The molecule has 1 unspecified atom stereocenters. The molecule has 0 heterocycles. The van der Waals surface area contributed by atoms with E-state index in [9.17, 15) is 9.90 Å². The van der Waals surface area contributed by atoms with E-state index in [0.29, 0.717) is 12.1 Å². The molecule has 4 N–H and O–H groups in total. The molecule has 1 aromatic carbocycles. The maximum Gasteiger partial charge on any atom is 0.407 e. The van der Waals surface area contributed by atoms with Gasteiger partial charge >= 0.3 is 6.09 Å². The zero-order chi connectivity index (χ0) is 20.6. The summed E-state index contributed by atoms with van der Waals surface area (Å²) in [5.41, 5.74) is 10.3. The number of ether oxygens (including phenoxy) is 1. The first kappa shape index (κ1) is 21.5. The van der Waals surface area contributed by atoms with Crippen molar-refractivity contribution in [2.45, 2.75) is 90.2 Å². The lowest BCUT2D eigenvalue weighted by molar-refractivity contribution is 0.0483. The summed E-state index contributed by atoms with van der Waals surface area (Å²) in [4.78, 5) is 12.0. The van der Waals surface area contributed by atoms with Crippen LogP contribution in [0, 0.1) is 0 Å². The van der Waals surface area contributed by atoms with Crippen LogP contribution in [0.15, 0.2) is 12.1 Å². The molecule has 0 fully saturated rings. The zero-order valence-electron chi connectivity index (χ0n) is 17.9. The van der Waals surface area contributed by atoms with Crippen molar-refractivity contribution in [2.24, 2.45) is 0 Å². The first-order valence-electron chi connectivity index (χ1n) is 9.79. The number of nitrogens with one attached hydrogen (secondary N) is 1. The van der Waals surface area contributed by atoms with Crippen molar-refractivity contribution >= 4 is 11.8 Å². The molecule has 27 heavy (non-hydrogen) atoms. The van der Waals surface area contributed by atoms with Gasteiger partial charge in [-0.1, -0.05) is 33.8 Å². The Kier molecular flexibility index (Phi) is 5.86. The fraction of sp³-hybridized carbons (Fsp3) is 0.682. The maximum absolute atomic E-state index is 12.0. The first-order valence-corrected chi connectivity index (χ1v) is 9.79. The summed E-state index contributed by atoms with van der Waals surface area (Å²) < 4.78 is 5.30. The van der Waals surface area contributed by atoms with Gasteiger partial charge in [-0.3, -0.25) is 0 Å². The number of hydrogen-bond acceptors (Lipinski definition) is 4. The molecule has 5 heteroatoms. The summed E-state index contributed by atoms with van der Waals surface area (Å²) in [5.74, 6) is 0. The van der Waals surface area contributed by atoms with Crippen LogP contribution in [0.3, 0.4) is 0 Å². The fourth-order valence-electron chi connectivity index (χ4n) is 3.75. The van der Waals surface area contributed by atoms with Crippen molar-refractivity contribution in [1.82, 2.24) is 5.32 Å². The van der Waals surface area contributed by atoms with Gasteiger partial charge in [0.25, 0.3) is 0 Å². The Bertz CT molecular complexity index is 702. The number of carbonyl (C=O) groups is 1. The van der Waals surface area contributed by atoms with Crippen molar-refractivity contribution in [3.05, 3.63) is 28.8 Å². The number of fused-ring (bicyclic) bond motifs is 1. The van der Waals surface area contributed by atoms with E-state index in [1.807, 2.05) is 20.8 Å². The van der Waals surface area contributed by atoms with Crippen LogP contribution in [0.25, 0.3) is 0 Å². The zero-order valence-corrected chi connectivity index (χ0v) is 17.9. The number of nitrogens with two attached hydrogens (primary N) is 1. The van der Waals surface area contributed by atoms with Crippen LogP contribution in [0.2, 0.25) is 0 Å². The third-order valence-corrected chi connectivity index (χ3v) is 5.52. The predicted molar refractivity (Wildman–Crippen MR) is 110 cm³/mol. The van der Waals surface area contributed by atoms with Gasteiger partial charge < -0.3 is 20.9 Å². The Morgan fingerprint density at radius 3 is 2.19 bits per heavy atom. The minimum Gasteiger partial charge on any atom is -0.444 e. The number of carbonyl (C=O) groups excluding carboxylic acids is 1. The smallest absolute Gasteiger partial charge is 0.407 e. The molecule has 2 rings (SSSR count). The van der Waals surface area contributed by atoms with Crippen LogP contribution >= 0.6 is 0 Å². The Morgan fingerprint density at radius 1 is 1.19 bits per heavy atom. The summed E-state index contributed by atoms with van der Waals surface area (Å²) in [6.07, 6.45) is 2.19. The largest absolute Gasteiger partial charge is 0.444 e. The van der Waals surface area contributed by atoms with Crippen LogP contribution in [-0.2, 0) is 22.0 Å². The number of aliphatic hydroxyl groups is 1. The quantitative estimate of drug-likeness (QED) is 0.692. The van der Waals surface area contributed by atoms with E-state index in [1.165, 1.54) is 11.1 Å². The molecule has 0 aromatic heterocycles. The van der Waals surface area contributed by atoms with Crippen LogP contribution in [0.5, 0.6) is 0 Å². The highest BCUT2D eigenvalue weighted by Crippen LogP contribution is 2.47. The minimum atomic E-state index is -0.579. The van der Waals surface area contributed by atoms with Crippen molar-refractivity contribution in [1.29, 1.82) is 0 Å². The molecule has 0 saturated carbocycles. The molecular weight excluding hydrogens is 340 g/mol. The minimum absolute atomic E-state index is 0.0839. The van der Waals surface area contributed by atoms with Gasteiger partial charge in [0.05, 0.1) is 12.6 Å². The number of alkyl carbamates (subject to hydrolysis) is 1. The monoisotopic (exact) mass is 376 g/mol. The van der Waals surface area contributed by atoms with Gasteiger partial charge in [-0.25, -0.2) is 4.79 Å². The molecule has 1 aliphatic carbocycles. The number of amides is 1. The highest BCUT2D eigenvalue weighted by Gasteiger charge is 2.37. The Hall–Kier alpha value is -1.75. The second-order valence-corrected chi connectivity index (χ2v) is 10.1. The van der Waals surface area contributed by atoms with Gasteiger partial charge in [0.15, 0.2) is 0 Å². The van der Waals surface area contributed by atoms with E-state index in [0.717, 1.165) is 18.4 Å². The maximum atomic E-state index is 12.0. The van der Waals surface area contributed by atoms with Gasteiger partial charge in [-0.2, -0.15) is 0 Å². The summed E-state index contributed by atoms with van der Waals surface area (Å²) in [6.45, 7) is 14.3. The third-order valence-electron chi connectivity index (χ3n) is 5.52. The topological polar surface area (TPSA) is 84.6 Å². The van der Waals surface area contributed by atoms with Crippen LogP contribution in [0.4, 0.5) is 10.5 Å². The molecule has 0 radical (unpaired) electrons. The van der Waals surface area contributed by atoms with Crippen LogP contribution in [0.1, 0.15) is 78.0 Å². The van der Waals surface area contributed by atoms with E-state index in [2.05, 4.69) is 45.1 Å². The van der Waals surface area contributed by atoms with Crippen LogP contribution < -0.4 is 11.1 Å². The molecule has 1 aliphatic rings. The molecule has 0 aliphatic heterocycles. The highest BCUT2D eigenvalue weighted by atomic mass is 16.6. The average molecular weight is 377 g/mol. The van der Waals surface area contributed by atoms with Crippen molar-refractivity contribution < 1.29 is 14.6 Å². The van der Waals surface area contributed by atoms with E-state index in [4.69, 9.17) is 10.5 Å². The Balaban J connectivity index is 2.27. The second kappa shape index (κ2) is 7.34. The number of rotatable bonds is 4. The lowest BCUT2D eigenvalue weighted by atomic mass is 9.62. The molecule has 152 valence electrons. The summed E-state index contributed by atoms with van der Waals surface area (Å²) in [6, 6.07) is 3.82. The molecule has 1 atom stereocenters. The fourth-order valence-corrected chi connectivity index (χ4v) is 3.75. The standard InChI is InChI=1S/C22H36N2O3/c1-20(2,3)27-19(26)24-15(13-25)10-14-11-16-17(12-18(14)23)22(6,7)9-8-21(16,4)5/h11-12,15,25H,8-10,13,23H2,1-7H3,(H,24,26). The highest BCUT2D eigenvalue weighted by molar-refractivity contribution is 5.68. The predicted octanol–water partition coefficient (Wildman–Crippen LogP) is 4.05.